The zero-order chi connectivity index (χ0) is 12.4. The van der Waals surface area contributed by atoms with Gasteiger partial charge in [-0.15, -0.1) is 0 Å². The number of furan rings is 1. The maximum absolute atomic E-state index is 12.3. The van der Waals surface area contributed by atoms with Crippen LogP contribution in [0.5, 0.6) is 0 Å². The van der Waals surface area contributed by atoms with Crippen molar-refractivity contribution >= 4 is 21.8 Å². The van der Waals surface area contributed by atoms with E-state index in [0.717, 1.165) is 31.5 Å². The summed E-state index contributed by atoms with van der Waals surface area (Å²) in [7, 11) is 1.94. The number of halogens is 1. The summed E-state index contributed by atoms with van der Waals surface area (Å²) in [4.78, 5) is 14.1. The maximum Gasteiger partial charge on any atom is 0.289 e. The van der Waals surface area contributed by atoms with Crippen LogP contribution in [0.1, 0.15) is 29.0 Å². The van der Waals surface area contributed by atoms with Crippen LogP contribution in [0, 0.1) is 6.92 Å². The van der Waals surface area contributed by atoms with Crippen molar-refractivity contribution in [3.63, 3.8) is 0 Å². The van der Waals surface area contributed by atoms with Crippen molar-refractivity contribution in [2.45, 2.75) is 25.8 Å². The summed E-state index contributed by atoms with van der Waals surface area (Å²) in [6.45, 7) is 3.46. The van der Waals surface area contributed by atoms with E-state index in [1.807, 2.05) is 24.9 Å². The number of nitrogens with zero attached hydrogens (tertiary/aromatic N) is 1. The third kappa shape index (κ3) is 2.72. The van der Waals surface area contributed by atoms with Gasteiger partial charge in [-0.05, 0) is 48.8 Å². The highest BCUT2D eigenvalue weighted by molar-refractivity contribution is 9.10. The maximum atomic E-state index is 12.3. The van der Waals surface area contributed by atoms with Crippen molar-refractivity contribution in [2.24, 2.45) is 0 Å². The van der Waals surface area contributed by atoms with Crippen LogP contribution in [-0.2, 0) is 0 Å². The van der Waals surface area contributed by atoms with Gasteiger partial charge in [-0.1, -0.05) is 0 Å². The number of hydrogen-bond donors (Lipinski definition) is 1. The number of likely N-dealkylation sites (tertiary alicyclic amines) is 1. The van der Waals surface area contributed by atoms with E-state index in [0.29, 0.717) is 16.5 Å². The van der Waals surface area contributed by atoms with Crippen molar-refractivity contribution in [1.29, 1.82) is 0 Å². The van der Waals surface area contributed by atoms with Gasteiger partial charge in [0.2, 0.25) is 0 Å². The molecule has 0 radical (unpaired) electrons. The van der Waals surface area contributed by atoms with E-state index in [1.165, 1.54) is 0 Å². The largest absolute Gasteiger partial charge is 0.444 e. The number of piperidine rings is 1. The Kier molecular flexibility index (Phi) is 3.89. The Balaban J connectivity index is 2.12. The third-order valence-corrected chi connectivity index (χ3v) is 3.59. The molecular weight excluding hydrogens is 284 g/mol. The quantitative estimate of drug-likeness (QED) is 0.910. The molecule has 0 saturated carbocycles. The zero-order valence-electron chi connectivity index (χ0n) is 10.1. The normalized spacial score (nSPS) is 20.6. The first-order chi connectivity index (χ1) is 8.11. The first-order valence-corrected chi connectivity index (χ1v) is 6.63. The molecule has 2 heterocycles. The lowest BCUT2D eigenvalue weighted by atomic mass is 10.1. The summed E-state index contributed by atoms with van der Waals surface area (Å²) in [6, 6.07) is 2.22. The van der Waals surface area contributed by atoms with E-state index in [9.17, 15) is 4.79 Å². The van der Waals surface area contributed by atoms with Crippen LogP contribution in [0.25, 0.3) is 0 Å². The van der Waals surface area contributed by atoms with Gasteiger partial charge in [-0.25, -0.2) is 0 Å². The molecule has 1 aromatic rings. The van der Waals surface area contributed by atoms with Crippen molar-refractivity contribution in [3.05, 3.63) is 22.1 Å². The van der Waals surface area contributed by atoms with Gasteiger partial charge >= 0.3 is 0 Å². The molecule has 1 fully saturated rings. The molecule has 1 aromatic heterocycles. The second-order valence-corrected chi connectivity index (χ2v) is 5.22. The summed E-state index contributed by atoms with van der Waals surface area (Å²) in [6.07, 6.45) is 2.17. The van der Waals surface area contributed by atoms with Crippen LogP contribution < -0.4 is 5.32 Å². The molecule has 2 rings (SSSR count). The van der Waals surface area contributed by atoms with E-state index in [-0.39, 0.29) is 5.91 Å². The second kappa shape index (κ2) is 5.23. The number of rotatable bonds is 2. The number of aryl methyl sites for hydroxylation is 1. The monoisotopic (exact) mass is 300 g/mol. The van der Waals surface area contributed by atoms with Gasteiger partial charge in [0.15, 0.2) is 10.4 Å². The Labute approximate surface area is 109 Å². The molecule has 1 aliphatic heterocycles. The van der Waals surface area contributed by atoms with E-state index >= 15 is 0 Å². The first kappa shape index (κ1) is 12.6. The van der Waals surface area contributed by atoms with Gasteiger partial charge < -0.3 is 14.6 Å². The molecule has 0 spiro atoms. The topological polar surface area (TPSA) is 45.5 Å². The summed E-state index contributed by atoms with van der Waals surface area (Å²) < 4.78 is 6.01. The molecular formula is C12H17BrN2O2. The molecule has 1 amide bonds. The number of hydrogen-bond acceptors (Lipinski definition) is 3. The SMILES string of the molecule is CNC1CCCN(C(=O)c2oc(Br)cc2C)C1. The van der Waals surface area contributed by atoms with Gasteiger partial charge in [-0.3, -0.25) is 4.79 Å². The Morgan fingerprint density at radius 1 is 1.65 bits per heavy atom. The molecule has 1 unspecified atom stereocenters. The van der Waals surface area contributed by atoms with Crippen molar-refractivity contribution in [2.75, 3.05) is 20.1 Å². The van der Waals surface area contributed by atoms with Crippen LogP contribution in [0.4, 0.5) is 0 Å². The van der Waals surface area contributed by atoms with Crippen LogP contribution in [0.3, 0.4) is 0 Å². The first-order valence-electron chi connectivity index (χ1n) is 5.84. The lowest BCUT2D eigenvalue weighted by Crippen LogP contribution is -2.47. The molecule has 1 aliphatic rings. The molecule has 1 atom stereocenters. The summed E-state index contributed by atoms with van der Waals surface area (Å²) in [5, 5.41) is 3.23. The Bertz CT molecular complexity index is 417. The summed E-state index contributed by atoms with van der Waals surface area (Å²) >= 11 is 3.25. The second-order valence-electron chi connectivity index (χ2n) is 4.44. The van der Waals surface area contributed by atoms with Crippen molar-refractivity contribution in [1.82, 2.24) is 10.2 Å². The Morgan fingerprint density at radius 3 is 3.00 bits per heavy atom. The molecule has 0 bridgehead atoms. The summed E-state index contributed by atoms with van der Waals surface area (Å²) in [5.74, 6) is 0.446. The van der Waals surface area contributed by atoms with Gasteiger partial charge in [0.1, 0.15) is 0 Å². The zero-order valence-corrected chi connectivity index (χ0v) is 11.7. The average Bonchev–Trinajstić information content (AvgIpc) is 2.67. The van der Waals surface area contributed by atoms with Gasteiger partial charge in [-0.2, -0.15) is 0 Å². The van der Waals surface area contributed by atoms with Crippen molar-refractivity contribution in [3.8, 4) is 0 Å². The predicted molar refractivity (Wildman–Crippen MR) is 69.1 cm³/mol. The smallest absolute Gasteiger partial charge is 0.289 e. The van der Waals surface area contributed by atoms with Gasteiger partial charge in [0.25, 0.3) is 5.91 Å². The third-order valence-electron chi connectivity index (χ3n) is 3.20. The van der Waals surface area contributed by atoms with Crippen LogP contribution in [0.15, 0.2) is 15.2 Å². The number of amides is 1. The number of nitrogens with one attached hydrogen (secondary N) is 1. The number of likely N-dealkylation sites (N-methyl/N-ethyl adjacent to an activating group) is 1. The fourth-order valence-corrected chi connectivity index (χ4v) is 2.70. The summed E-state index contributed by atoms with van der Waals surface area (Å²) in [5.41, 5.74) is 0.883. The molecule has 1 N–H and O–H groups in total. The standard InChI is InChI=1S/C12H17BrN2O2/c1-8-6-10(13)17-11(8)12(16)15-5-3-4-9(7-15)14-2/h6,9,14H,3-5,7H2,1-2H3. The highest BCUT2D eigenvalue weighted by Crippen LogP contribution is 2.22. The van der Waals surface area contributed by atoms with Gasteiger partial charge in [0, 0.05) is 24.7 Å². The van der Waals surface area contributed by atoms with E-state index in [4.69, 9.17) is 4.42 Å². The fourth-order valence-electron chi connectivity index (χ4n) is 2.20. The molecule has 1 saturated heterocycles. The molecule has 0 aliphatic carbocycles. The van der Waals surface area contributed by atoms with E-state index < -0.39 is 0 Å². The fraction of sp³-hybridized carbons (Fsp3) is 0.583. The minimum atomic E-state index is -0.00634. The lowest BCUT2D eigenvalue weighted by molar-refractivity contribution is 0.0663. The minimum absolute atomic E-state index is 0.00634. The Morgan fingerprint density at radius 2 is 2.41 bits per heavy atom. The highest BCUT2D eigenvalue weighted by atomic mass is 79.9. The highest BCUT2D eigenvalue weighted by Gasteiger charge is 2.26. The van der Waals surface area contributed by atoms with Gasteiger partial charge in [0.05, 0.1) is 0 Å². The average molecular weight is 301 g/mol. The molecule has 17 heavy (non-hydrogen) atoms. The predicted octanol–water partition coefficient (Wildman–Crippen LogP) is 2.17. The van der Waals surface area contributed by atoms with Crippen LogP contribution in [0.2, 0.25) is 0 Å². The lowest BCUT2D eigenvalue weighted by Gasteiger charge is -2.32. The van der Waals surface area contributed by atoms with Crippen molar-refractivity contribution < 1.29 is 9.21 Å². The molecule has 4 nitrogen and oxygen atoms in total. The van der Waals surface area contributed by atoms with E-state index in [1.54, 1.807) is 0 Å². The Hall–Kier alpha value is -0.810. The van der Waals surface area contributed by atoms with Crippen LogP contribution in [-0.4, -0.2) is 37.0 Å². The van der Waals surface area contributed by atoms with Crippen LogP contribution >= 0.6 is 15.9 Å². The molecule has 0 aromatic carbocycles. The number of carbonyl (C=O) groups is 1. The number of carbonyl (C=O) groups excluding carboxylic acids is 1. The minimum Gasteiger partial charge on any atom is -0.444 e. The molecule has 94 valence electrons. The van der Waals surface area contributed by atoms with E-state index in [2.05, 4.69) is 21.2 Å². The molecule has 5 heteroatoms.